The van der Waals surface area contributed by atoms with E-state index in [0.29, 0.717) is 0 Å². The number of carbonyl (C=O) groups excluding carboxylic acids is 1. The molecule has 0 bridgehead atoms. The van der Waals surface area contributed by atoms with Crippen molar-refractivity contribution in [3.63, 3.8) is 0 Å². The Morgan fingerprint density at radius 2 is 1.75 bits per heavy atom. The van der Waals surface area contributed by atoms with E-state index < -0.39 is 11.5 Å². The van der Waals surface area contributed by atoms with Crippen LogP contribution in [0.3, 0.4) is 0 Å². The highest BCUT2D eigenvalue weighted by molar-refractivity contribution is 5.94. The molecular weight excluding hydrogens is 202 g/mol. The minimum atomic E-state index is -0.479. The Morgan fingerprint density at radius 3 is 2.12 bits per heavy atom. The van der Waals surface area contributed by atoms with E-state index in [-0.39, 0.29) is 5.91 Å². The summed E-state index contributed by atoms with van der Waals surface area (Å²) in [6, 6.07) is 7.21. The minimum absolute atomic E-state index is 0.0164. The summed E-state index contributed by atoms with van der Waals surface area (Å²) >= 11 is 0. The molecular formula is C13H19NO2. The van der Waals surface area contributed by atoms with Gasteiger partial charge in [0, 0.05) is 11.1 Å². The highest BCUT2D eigenvalue weighted by Gasteiger charge is 2.20. The molecule has 0 heterocycles. The Balaban J connectivity index is 2.73. The number of hydrogen-bond acceptors (Lipinski definition) is 2. The van der Waals surface area contributed by atoms with Gasteiger partial charge in [0.05, 0.1) is 6.10 Å². The third-order valence-electron chi connectivity index (χ3n) is 2.33. The van der Waals surface area contributed by atoms with Gasteiger partial charge in [0.15, 0.2) is 0 Å². The molecule has 88 valence electrons. The maximum absolute atomic E-state index is 11.7. The molecule has 0 spiro atoms. The van der Waals surface area contributed by atoms with Crippen LogP contribution in [0.5, 0.6) is 0 Å². The molecule has 0 aliphatic carbocycles. The lowest BCUT2D eigenvalue weighted by atomic mass is 9.95. The second kappa shape index (κ2) is 4.66. The number of anilines is 1. The SMILES string of the molecule is C[C@H](O)c1ccc(NC(=O)C(C)(C)C)cc1. The van der Waals surface area contributed by atoms with Gasteiger partial charge in [-0.3, -0.25) is 4.79 Å². The third-order valence-corrected chi connectivity index (χ3v) is 2.33. The molecule has 3 heteroatoms. The van der Waals surface area contributed by atoms with Crippen molar-refractivity contribution in [3.8, 4) is 0 Å². The standard InChI is InChI=1S/C13H19NO2/c1-9(15)10-5-7-11(8-6-10)14-12(16)13(2,3)4/h5-9,15H,1-4H3,(H,14,16)/t9-/m0/s1. The summed E-state index contributed by atoms with van der Waals surface area (Å²) in [5.41, 5.74) is 1.20. The number of amides is 1. The minimum Gasteiger partial charge on any atom is -0.389 e. The predicted molar refractivity (Wildman–Crippen MR) is 65.2 cm³/mol. The van der Waals surface area contributed by atoms with Crippen molar-refractivity contribution >= 4 is 11.6 Å². The highest BCUT2D eigenvalue weighted by atomic mass is 16.3. The second-order valence-corrected chi connectivity index (χ2v) is 5.00. The average Bonchev–Trinajstić information content (AvgIpc) is 2.17. The number of benzene rings is 1. The molecule has 1 amide bonds. The molecule has 0 aliphatic rings. The van der Waals surface area contributed by atoms with Crippen molar-refractivity contribution in [2.45, 2.75) is 33.8 Å². The van der Waals surface area contributed by atoms with Crippen molar-refractivity contribution in [2.24, 2.45) is 5.41 Å². The molecule has 2 N–H and O–H groups in total. The first-order valence-electron chi connectivity index (χ1n) is 5.40. The van der Waals surface area contributed by atoms with Gasteiger partial charge in [0.1, 0.15) is 0 Å². The highest BCUT2D eigenvalue weighted by Crippen LogP contribution is 2.19. The van der Waals surface area contributed by atoms with E-state index in [1.165, 1.54) is 0 Å². The summed E-state index contributed by atoms with van der Waals surface area (Å²) in [5.74, 6) is -0.0164. The zero-order chi connectivity index (χ0) is 12.3. The fourth-order valence-electron chi connectivity index (χ4n) is 1.16. The number of carbonyl (C=O) groups is 1. The molecule has 3 nitrogen and oxygen atoms in total. The molecule has 0 unspecified atom stereocenters. The second-order valence-electron chi connectivity index (χ2n) is 5.00. The van der Waals surface area contributed by atoms with Crippen LogP contribution in [0.4, 0.5) is 5.69 Å². The summed E-state index contributed by atoms with van der Waals surface area (Å²) in [5, 5.41) is 12.2. The fraction of sp³-hybridized carbons (Fsp3) is 0.462. The Hall–Kier alpha value is -1.35. The maximum atomic E-state index is 11.7. The summed E-state index contributed by atoms with van der Waals surface area (Å²) in [6.07, 6.45) is -0.479. The van der Waals surface area contributed by atoms with Gasteiger partial charge in [-0.15, -0.1) is 0 Å². The molecule has 0 fully saturated rings. The van der Waals surface area contributed by atoms with E-state index >= 15 is 0 Å². The summed E-state index contributed by atoms with van der Waals surface area (Å²) in [4.78, 5) is 11.7. The first kappa shape index (κ1) is 12.7. The molecule has 16 heavy (non-hydrogen) atoms. The zero-order valence-electron chi connectivity index (χ0n) is 10.2. The Morgan fingerprint density at radius 1 is 1.25 bits per heavy atom. The van der Waals surface area contributed by atoms with Crippen LogP contribution in [0.25, 0.3) is 0 Å². The fourth-order valence-corrected chi connectivity index (χ4v) is 1.16. The Bertz CT molecular complexity index is 361. The van der Waals surface area contributed by atoms with Gasteiger partial charge in [0.2, 0.25) is 5.91 Å². The smallest absolute Gasteiger partial charge is 0.229 e. The summed E-state index contributed by atoms with van der Waals surface area (Å²) < 4.78 is 0. The van der Waals surface area contributed by atoms with Crippen LogP contribution in [0.2, 0.25) is 0 Å². The van der Waals surface area contributed by atoms with Crippen LogP contribution in [0.1, 0.15) is 39.4 Å². The van der Waals surface area contributed by atoms with Crippen molar-refractivity contribution in [1.82, 2.24) is 0 Å². The van der Waals surface area contributed by atoms with Gasteiger partial charge in [0.25, 0.3) is 0 Å². The molecule has 0 aliphatic heterocycles. The van der Waals surface area contributed by atoms with Crippen LogP contribution in [-0.2, 0) is 4.79 Å². The van der Waals surface area contributed by atoms with Gasteiger partial charge in [-0.1, -0.05) is 32.9 Å². The molecule has 1 atom stereocenters. The van der Waals surface area contributed by atoms with Gasteiger partial charge in [-0.05, 0) is 24.6 Å². The van der Waals surface area contributed by atoms with E-state index in [2.05, 4.69) is 5.32 Å². The van der Waals surface area contributed by atoms with Crippen LogP contribution in [0.15, 0.2) is 24.3 Å². The third kappa shape index (κ3) is 3.35. The van der Waals surface area contributed by atoms with E-state index in [0.717, 1.165) is 11.3 Å². The number of hydrogen-bond donors (Lipinski definition) is 2. The lowest BCUT2D eigenvalue weighted by molar-refractivity contribution is -0.123. The van der Waals surface area contributed by atoms with Gasteiger partial charge >= 0.3 is 0 Å². The van der Waals surface area contributed by atoms with E-state index in [1.54, 1.807) is 19.1 Å². The molecule has 1 aromatic rings. The van der Waals surface area contributed by atoms with E-state index in [4.69, 9.17) is 0 Å². The largest absolute Gasteiger partial charge is 0.389 e. The maximum Gasteiger partial charge on any atom is 0.229 e. The molecule has 0 saturated heterocycles. The summed E-state index contributed by atoms with van der Waals surface area (Å²) in [7, 11) is 0. The Kier molecular flexibility index (Phi) is 3.70. The number of aliphatic hydroxyl groups is 1. The monoisotopic (exact) mass is 221 g/mol. The predicted octanol–water partition coefficient (Wildman–Crippen LogP) is 2.72. The Labute approximate surface area is 96.5 Å². The van der Waals surface area contributed by atoms with Crippen LogP contribution < -0.4 is 5.32 Å². The van der Waals surface area contributed by atoms with Gasteiger partial charge < -0.3 is 10.4 Å². The van der Waals surface area contributed by atoms with Gasteiger partial charge in [-0.25, -0.2) is 0 Å². The summed E-state index contributed by atoms with van der Waals surface area (Å²) in [6.45, 7) is 7.31. The number of nitrogens with one attached hydrogen (secondary N) is 1. The van der Waals surface area contributed by atoms with Crippen LogP contribution in [-0.4, -0.2) is 11.0 Å². The van der Waals surface area contributed by atoms with Crippen LogP contribution in [0, 0.1) is 5.41 Å². The van der Waals surface area contributed by atoms with Gasteiger partial charge in [-0.2, -0.15) is 0 Å². The first-order chi connectivity index (χ1) is 7.30. The molecule has 0 radical (unpaired) electrons. The van der Waals surface area contributed by atoms with Crippen molar-refractivity contribution < 1.29 is 9.90 Å². The zero-order valence-corrected chi connectivity index (χ0v) is 10.2. The molecule has 1 aromatic carbocycles. The first-order valence-corrected chi connectivity index (χ1v) is 5.40. The number of rotatable bonds is 2. The number of aliphatic hydroxyl groups excluding tert-OH is 1. The van der Waals surface area contributed by atoms with Crippen molar-refractivity contribution in [1.29, 1.82) is 0 Å². The van der Waals surface area contributed by atoms with Crippen LogP contribution >= 0.6 is 0 Å². The van der Waals surface area contributed by atoms with E-state index in [1.807, 2.05) is 32.9 Å². The molecule has 0 aromatic heterocycles. The molecule has 0 saturated carbocycles. The lowest BCUT2D eigenvalue weighted by Gasteiger charge is -2.17. The van der Waals surface area contributed by atoms with Crippen molar-refractivity contribution in [2.75, 3.05) is 5.32 Å². The lowest BCUT2D eigenvalue weighted by Crippen LogP contribution is -2.27. The topological polar surface area (TPSA) is 49.3 Å². The average molecular weight is 221 g/mol. The molecule has 1 rings (SSSR count). The normalized spacial score (nSPS) is 13.3. The van der Waals surface area contributed by atoms with E-state index in [9.17, 15) is 9.90 Å². The quantitative estimate of drug-likeness (QED) is 0.806. The van der Waals surface area contributed by atoms with Crippen molar-refractivity contribution in [3.05, 3.63) is 29.8 Å².